The Morgan fingerprint density at radius 2 is 1.85 bits per heavy atom. The third-order valence-corrected chi connectivity index (χ3v) is 3.80. The number of hydrogen-bond acceptors (Lipinski definition) is 5. The summed E-state index contributed by atoms with van der Waals surface area (Å²) in [6.07, 6.45) is 6.76. The maximum absolute atomic E-state index is 5.68. The maximum Gasteiger partial charge on any atom is 0.221 e. The van der Waals surface area contributed by atoms with Gasteiger partial charge >= 0.3 is 0 Å². The van der Waals surface area contributed by atoms with Crippen LogP contribution in [-0.2, 0) is 0 Å². The van der Waals surface area contributed by atoms with Gasteiger partial charge in [0.15, 0.2) is 0 Å². The van der Waals surface area contributed by atoms with Crippen LogP contribution in [-0.4, -0.2) is 24.5 Å². The van der Waals surface area contributed by atoms with Gasteiger partial charge in [0.2, 0.25) is 5.95 Å². The van der Waals surface area contributed by atoms with Gasteiger partial charge in [-0.1, -0.05) is 18.4 Å². The van der Waals surface area contributed by atoms with Gasteiger partial charge in [0.1, 0.15) is 12.1 Å². The molecule has 0 radical (unpaired) electrons. The molecule has 124 valence electrons. The second-order valence-electron chi connectivity index (χ2n) is 5.52. The zero-order valence-electron chi connectivity index (χ0n) is 13.8. The van der Waals surface area contributed by atoms with E-state index in [1.54, 1.807) is 30.9 Å². The first kappa shape index (κ1) is 15.5. The highest BCUT2D eigenvalue weighted by molar-refractivity contribution is 5.79. The number of aromatic nitrogens is 5. The number of hydrogen-bond donors (Lipinski definition) is 1. The molecule has 3 heterocycles. The predicted molar refractivity (Wildman–Crippen MR) is 101 cm³/mol. The van der Waals surface area contributed by atoms with Crippen molar-refractivity contribution in [2.75, 3.05) is 5.73 Å². The van der Waals surface area contributed by atoms with E-state index >= 15 is 0 Å². The third-order valence-electron chi connectivity index (χ3n) is 3.80. The zero-order chi connectivity index (χ0) is 17.9. The van der Waals surface area contributed by atoms with Crippen LogP contribution in [0.2, 0.25) is 0 Å². The standard InChI is InChI=1S/C20H14N6/c1-2-16-7-5-15(12-23-16)4-3-14-6-8-17-18(11-14)26(13-24-17)19-9-10-22-20(21)25-19/h2,5-13H,1H2,(H2,21,22,25). The minimum Gasteiger partial charge on any atom is -0.368 e. The van der Waals surface area contributed by atoms with Crippen molar-refractivity contribution in [3.05, 3.63) is 78.5 Å². The van der Waals surface area contributed by atoms with Crippen molar-refractivity contribution in [2.45, 2.75) is 0 Å². The quantitative estimate of drug-likeness (QED) is 0.568. The first-order valence-electron chi connectivity index (χ1n) is 7.89. The van der Waals surface area contributed by atoms with Gasteiger partial charge in [0.05, 0.1) is 16.7 Å². The minimum atomic E-state index is 0.218. The molecule has 0 aliphatic heterocycles. The van der Waals surface area contributed by atoms with Gasteiger partial charge in [-0.25, -0.2) is 9.97 Å². The molecular formula is C20H14N6. The summed E-state index contributed by atoms with van der Waals surface area (Å²) in [7, 11) is 0. The molecule has 0 bridgehead atoms. The summed E-state index contributed by atoms with van der Waals surface area (Å²) in [4.78, 5) is 16.8. The van der Waals surface area contributed by atoms with Crippen molar-refractivity contribution in [1.82, 2.24) is 24.5 Å². The fourth-order valence-electron chi connectivity index (χ4n) is 2.51. The SMILES string of the molecule is C=Cc1ccc(C#Cc2ccc3ncn(-c4ccnc(N)n4)c3c2)cn1. The number of benzene rings is 1. The highest BCUT2D eigenvalue weighted by atomic mass is 15.1. The Bertz CT molecular complexity index is 1160. The molecule has 4 rings (SSSR count). The Kier molecular flexibility index (Phi) is 3.88. The van der Waals surface area contributed by atoms with Gasteiger partial charge in [-0.3, -0.25) is 9.55 Å². The highest BCUT2D eigenvalue weighted by Crippen LogP contribution is 2.18. The second-order valence-corrected chi connectivity index (χ2v) is 5.52. The van der Waals surface area contributed by atoms with E-state index in [2.05, 4.69) is 38.4 Å². The smallest absolute Gasteiger partial charge is 0.221 e. The molecule has 0 saturated heterocycles. The van der Waals surface area contributed by atoms with Crippen LogP contribution in [0.3, 0.4) is 0 Å². The normalized spacial score (nSPS) is 10.3. The van der Waals surface area contributed by atoms with Crippen molar-refractivity contribution in [3.63, 3.8) is 0 Å². The van der Waals surface area contributed by atoms with E-state index in [0.29, 0.717) is 5.82 Å². The third kappa shape index (κ3) is 3.01. The Morgan fingerprint density at radius 3 is 2.62 bits per heavy atom. The predicted octanol–water partition coefficient (Wildman–Crippen LogP) is 2.84. The van der Waals surface area contributed by atoms with Crippen molar-refractivity contribution in [2.24, 2.45) is 0 Å². The lowest BCUT2D eigenvalue weighted by Crippen LogP contribution is -2.01. The number of anilines is 1. The molecule has 0 spiro atoms. The number of fused-ring (bicyclic) bond motifs is 1. The van der Waals surface area contributed by atoms with Gasteiger partial charge in [0, 0.05) is 23.5 Å². The first-order chi connectivity index (χ1) is 12.7. The Hall–Kier alpha value is -3.98. The molecule has 2 N–H and O–H groups in total. The summed E-state index contributed by atoms with van der Waals surface area (Å²) >= 11 is 0. The van der Waals surface area contributed by atoms with E-state index < -0.39 is 0 Å². The number of nitrogen functional groups attached to an aromatic ring is 1. The molecule has 0 unspecified atom stereocenters. The molecule has 0 fully saturated rings. The van der Waals surface area contributed by atoms with Gasteiger partial charge in [0.25, 0.3) is 0 Å². The van der Waals surface area contributed by atoms with Crippen molar-refractivity contribution in [1.29, 1.82) is 0 Å². The molecule has 0 atom stereocenters. The first-order valence-corrected chi connectivity index (χ1v) is 7.89. The van der Waals surface area contributed by atoms with E-state index in [1.165, 1.54) is 0 Å². The lowest BCUT2D eigenvalue weighted by molar-refractivity contribution is 1.00. The topological polar surface area (TPSA) is 82.5 Å². The maximum atomic E-state index is 5.68. The van der Waals surface area contributed by atoms with Crippen molar-refractivity contribution >= 4 is 23.1 Å². The van der Waals surface area contributed by atoms with Crippen LogP contribution in [0.15, 0.2) is 61.7 Å². The fraction of sp³-hybridized carbons (Fsp3) is 0. The molecule has 6 nitrogen and oxygen atoms in total. The lowest BCUT2D eigenvalue weighted by atomic mass is 10.2. The molecule has 26 heavy (non-hydrogen) atoms. The molecule has 0 aliphatic rings. The molecular weight excluding hydrogens is 324 g/mol. The molecule has 4 aromatic rings. The molecule has 0 amide bonds. The second kappa shape index (κ2) is 6.49. The Labute approximate surface area is 150 Å². The van der Waals surface area contributed by atoms with Crippen LogP contribution in [0, 0.1) is 11.8 Å². The van der Waals surface area contributed by atoms with E-state index in [0.717, 1.165) is 27.9 Å². The summed E-state index contributed by atoms with van der Waals surface area (Å²) in [6.45, 7) is 3.69. The average molecular weight is 338 g/mol. The van der Waals surface area contributed by atoms with Crippen LogP contribution < -0.4 is 5.73 Å². The minimum absolute atomic E-state index is 0.218. The van der Waals surface area contributed by atoms with Gasteiger partial charge < -0.3 is 5.73 Å². The van der Waals surface area contributed by atoms with E-state index in [-0.39, 0.29) is 5.95 Å². The lowest BCUT2D eigenvalue weighted by Gasteiger charge is -2.03. The van der Waals surface area contributed by atoms with Crippen molar-refractivity contribution in [3.8, 4) is 17.7 Å². The number of nitrogens with two attached hydrogens (primary N) is 1. The number of imidazole rings is 1. The van der Waals surface area contributed by atoms with Crippen LogP contribution >= 0.6 is 0 Å². The largest absolute Gasteiger partial charge is 0.368 e. The van der Waals surface area contributed by atoms with Crippen LogP contribution in [0.4, 0.5) is 5.95 Å². The number of nitrogens with zero attached hydrogens (tertiary/aromatic N) is 5. The summed E-state index contributed by atoms with van der Waals surface area (Å²) < 4.78 is 1.86. The summed E-state index contributed by atoms with van der Waals surface area (Å²) in [6, 6.07) is 11.4. The van der Waals surface area contributed by atoms with Crippen LogP contribution in [0.5, 0.6) is 0 Å². The molecule has 3 aromatic heterocycles. The fourth-order valence-corrected chi connectivity index (χ4v) is 2.51. The van der Waals surface area contributed by atoms with E-state index in [1.807, 2.05) is 34.9 Å². The van der Waals surface area contributed by atoms with E-state index in [4.69, 9.17) is 5.73 Å². The summed E-state index contributed by atoms with van der Waals surface area (Å²) in [5.41, 5.74) is 9.96. The molecule has 0 saturated carbocycles. The summed E-state index contributed by atoms with van der Waals surface area (Å²) in [5.74, 6) is 7.15. The van der Waals surface area contributed by atoms with Gasteiger partial charge in [-0.15, -0.1) is 0 Å². The monoisotopic (exact) mass is 338 g/mol. The molecule has 6 heteroatoms. The number of rotatable bonds is 2. The van der Waals surface area contributed by atoms with Crippen molar-refractivity contribution < 1.29 is 0 Å². The van der Waals surface area contributed by atoms with Crippen LogP contribution in [0.25, 0.3) is 22.9 Å². The average Bonchev–Trinajstić information content (AvgIpc) is 3.10. The highest BCUT2D eigenvalue weighted by Gasteiger charge is 2.06. The molecule has 1 aromatic carbocycles. The van der Waals surface area contributed by atoms with Gasteiger partial charge in [-0.2, -0.15) is 4.98 Å². The van der Waals surface area contributed by atoms with Gasteiger partial charge in [-0.05, 0) is 42.5 Å². The van der Waals surface area contributed by atoms with E-state index in [9.17, 15) is 0 Å². The number of pyridine rings is 1. The van der Waals surface area contributed by atoms with Crippen LogP contribution in [0.1, 0.15) is 16.8 Å². The zero-order valence-corrected chi connectivity index (χ0v) is 13.8. The molecule has 0 aliphatic carbocycles. The Morgan fingerprint density at radius 1 is 1.00 bits per heavy atom. The Balaban J connectivity index is 1.72. The summed E-state index contributed by atoms with van der Waals surface area (Å²) in [5, 5.41) is 0.